The fourth-order valence-corrected chi connectivity index (χ4v) is 2.56. The van der Waals surface area contributed by atoms with Crippen LogP contribution in [0.2, 0.25) is 0 Å². The number of ether oxygens (including phenoxy) is 1. The maximum atomic E-state index is 5.49. The van der Waals surface area contributed by atoms with Crippen molar-refractivity contribution < 1.29 is 4.74 Å². The number of nitrogens with one attached hydrogen (secondary N) is 1. The monoisotopic (exact) mass is 237 g/mol. The molecule has 1 aliphatic heterocycles. The highest BCUT2D eigenvalue weighted by molar-refractivity contribution is 5.06. The Morgan fingerprint density at radius 3 is 2.94 bits per heavy atom. The standard InChI is InChI=1S/C13H23N3O/c1-4-14-13(12-5-6-17-9-12)8-16-11(3)7-10(2)15-16/h7,12-14H,4-6,8-9H2,1-3H3. The van der Waals surface area contributed by atoms with Crippen molar-refractivity contribution in [2.75, 3.05) is 19.8 Å². The van der Waals surface area contributed by atoms with Gasteiger partial charge >= 0.3 is 0 Å². The van der Waals surface area contributed by atoms with Crippen molar-refractivity contribution in [2.45, 2.75) is 39.8 Å². The van der Waals surface area contributed by atoms with Crippen LogP contribution in [0.4, 0.5) is 0 Å². The molecule has 1 saturated heterocycles. The average molecular weight is 237 g/mol. The molecule has 1 fully saturated rings. The summed E-state index contributed by atoms with van der Waals surface area (Å²) in [6.45, 7) is 10.1. The zero-order chi connectivity index (χ0) is 12.3. The minimum atomic E-state index is 0.473. The van der Waals surface area contributed by atoms with Gasteiger partial charge in [0, 0.05) is 24.3 Å². The van der Waals surface area contributed by atoms with Crippen LogP contribution in [0.3, 0.4) is 0 Å². The first-order valence-corrected chi connectivity index (χ1v) is 6.53. The number of likely N-dealkylation sites (N-methyl/N-ethyl adjacent to an activating group) is 1. The molecule has 4 nitrogen and oxygen atoms in total. The fraction of sp³-hybridized carbons (Fsp3) is 0.769. The van der Waals surface area contributed by atoms with Gasteiger partial charge in [-0.05, 0) is 32.9 Å². The first-order valence-electron chi connectivity index (χ1n) is 6.53. The van der Waals surface area contributed by atoms with E-state index in [1.54, 1.807) is 0 Å². The molecular formula is C13H23N3O. The second kappa shape index (κ2) is 5.65. The van der Waals surface area contributed by atoms with Crippen LogP contribution in [0.1, 0.15) is 24.7 Å². The number of aryl methyl sites for hydroxylation is 2. The van der Waals surface area contributed by atoms with Gasteiger partial charge in [-0.25, -0.2) is 0 Å². The normalized spacial score (nSPS) is 21.9. The molecule has 0 radical (unpaired) electrons. The Morgan fingerprint density at radius 2 is 2.41 bits per heavy atom. The van der Waals surface area contributed by atoms with Crippen LogP contribution in [0.25, 0.3) is 0 Å². The van der Waals surface area contributed by atoms with Gasteiger partial charge in [-0.2, -0.15) is 5.10 Å². The summed E-state index contributed by atoms with van der Waals surface area (Å²) < 4.78 is 7.60. The highest BCUT2D eigenvalue weighted by Gasteiger charge is 2.25. The Bertz CT molecular complexity index is 356. The SMILES string of the molecule is CCNC(Cn1nc(C)cc1C)C1CCOC1. The molecule has 96 valence electrons. The maximum absolute atomic E-state index is 5.49. The summed E-state index contributed by atoms with van der Waals surface area (Å²) in [5.41, 5.74) is 2.34. The summed E-state index contributed by atoms with van der Waals surface area (Å²) in [7, 11) is 0. The fourth-order valence-electron chi connectivity index (χ4n) is 2.56. The quantitative estimate of drug-likeness (QED) is 0.844. The van der Waals surface area contributed by atoms with Crippen molar-refractivity contribution in [1.29, 1.82) is 0 Å². The highest BCUT2D eigenvalue weighted by Crippen LogP contribution is 2.18. The van der Waals surface area contributed by atoms with Crippen molar-refractivity contribution in [3.05, 3.63) is 17.5 Å². The van der Waals surface area contributed by atoms with Crippen LogP contribution in [0, 0.1) is 19.8 Å². The van der Waals surface area contributed by atoms with E-state index in [4.69, 9.17) is 4.74 Å². The Hall–Kier alpha value is -0.870. The molecule has 1 aromatic heterocycles. The molecule has 1 N–H and O–H groups in total. The molecule has 0 bridgehead atoms. The van der Waals surface area contributed by atoms with E-state index >= 15 is 0 Å². The summed E-state index contributed by atoms with van der Waals surface area (Å²) >= 11 is 0. The molecule has 2 unspecified atom stereocenters. The van der Waals surface area contributed by atoms with Crippen LogP contribution in [-0.4, -0.2) is 35.6 Å². The van der Waals surface area contributed by atoms with Gasteiger partial charge in [0.25, 0.3) is 0 Å². The van der Waals surface area contributed by atoms with Crippen molar-refractivity contribution in [3.8, 4) is 0 Å². The second-order valence-corrected chi connectivity index (χ2v) is 4.90. The number of aromatic nitrogens is 2. The molecule has 1 aromatic rings. The van der Waals surface area contributed by atoms with Gasteiger partial charge < -0.3 is 10.1 Å². The summed E-state index contributed by atoms with van der Waals surface area (Å²) in [4.78, 5) is 0. The molecule has 4 heteroatoms. The van der Waals surface area contributed by atoms with Crippen molar-refractivity contribution in [2.24, 2.45) is 5.92 Å². The van der Waals surface area contributed by atoms with Crippen LogP contribution < -0.4 is 5.32 Å². The third-order valence-corrected chi connectivity index (χ3v) is 3.47. The molecule has 1 aliphatic rings. The Kier molecular flexibility index (Phi) is 4.18. The van der Waals surface area contributed by atoms with Gasteiger partial charge in [-0.3, -0.25) is 4.68 Å². The molecule has 17 heavy (non-hydrogen) atoms. The van der Waals surface area contributed by atoms with Gasteiger partial charge in [0.1, 0.15) is 0 Å². The van der Waals surface area contributed by atoms with E-state index in [1.807, 2.05) is 6.92 Å². The Balaban J connectivity index is 2.03. The van der Waals surface area contributed by atoms with E-state index in [0.29, 0.717) is 12.0 Å². The van der Waals surface area contributed by atoms with E-state index in [-0.39, 0.29) is 0 Å². The molecular weight excluding hydrogens is 214 g/mol. The zero-order valence-corrected chi connectivity index (χ0v) is 11.1. The minimum Gasteiger partial charge on any atom is -0.381 e. The minimum absolute atomic E-state index is 0.473. The third kappa shape index (κ3) is 3.07. The van der Waals surface area contributed by atoms with E-state index in [2.05, 4.69) is 35.0 Å². The third-order valence-electron chi connectivity index (χ3n) is 3.47. The van der Waals surface area contributed by atoms with E-state index in [0.717, 1.165) is 38.4 Å². The van der Waals surface area contributed by atoms with Gasteiger partial charge in [-0.1, -0.05) is 6.92 Å². The predicted molar refractivity (Wildman–Crippen MR) is 68.1 cm³/mol. The molecule has 0 aromatic carbocycles. The van der Waals surface area contributed by atoms with Crippen molar-refractivity contribution in [1.82, 2.24) is 15.1 Å². The number of rotatable bonds is 5. The summed E-state index contributed by atoms with van der Waals surface area (Å²) in [6, 6.07) is 2.61. The topological polar surface area (TPSA) is 39.1 Å². The Morgan fingerprint density at radius 1 is 1.59 bits per heavy atom. The van der Waals surface area contributed by atoms with E-state index in [9.17, 15) is 0 Å². The highest BCUT2D eigenvalue weighted by atomic mass is 16.5. The average Bonchev–Trinajstić information content (AvgIpc) is 2.88. The Labute approximate surface area is 103 Å². The van der Waals surface area contributed by atoms with E-state index in [1.165, 1.54) is 5.69 Å². The largest absolute Gasteiger partial charge is 0.381 e. The van der Waals surface area contributed by atoms with Gasteiger partial charge in [-0.15, -0.1) is 0 Å². The molecule has 0 amide bonds. The van der Waals surface area contributed by atoms with Gasteiger partial charge in [0.15, 0.2) is 0 Å². The smallest absolute Gasteiger partial charge is 0.0596 e. The summed E-state index contributed by atoms with van der Waals surface area (Å²) in [5, 5.41) is 8.11. The van der Waals surface area contributed by atoms with Crippen molar-refractivity contribution >= 4 is 0 Å². The lowest BCUT2D eigenvalue weighted by Gasteiger charge is -2.23. The zero-order valence-electron chi connectivity index (χ0n) is 11.1. The number of hydrogen-bond acceptors (Lipinski definition) is 3. The predicted octanol–water partition coefficient (Wildman–Crippen LogP) is 1.51. The first kappa shape index (κ1) is 12.6. The lowest BCUT2D eigenvalue weighted by molar-refractivity contribution is 0.173. The molecule has 0 spiro atoms. The van der Waals surface area contributed by atoms with Gasteiger partial charge in [0.2, 0.25) is 0 Å². The number of nitrogens with zero attached hydrogens (tertiary/aromatic N) is 2. The van der Waals surface area contributed by atoms with Crippen LogP contribution in [0.5, 0.6) is 0 Å². The van der Waals surface area contributed by atoms with Crippen LogP contribution in [-0.2, 0) is 11.3 Å². The first-order chi connectivity index (χ1) is 8.20. The lowest BCUT2D eigenvalue weighted by Crippen LogP contribution is -2.40. The molecule has 0 saturated carbocycles. The van der Waals surface area contributed by atoms with E-state index < -0.39 is 0 Å². The van der Waals surface area contributed by atoms with Gasteiger partial charge in [0.05, 0.1) is 18.8 Å². The van der Waals surface area contributed by atoms with Crippen LogP contribution in [0.15, 0.2) is 6.07 Å². The number of hydrogen-bond donors (Lipinski definition) is 1. The lowest BCUT2D eigenvalue weighted by atomic mass is 9.99. The van der Waals surface area contributed by atoms with Crippen LogP contribution >= 0.6 is 0 Å². The summed E-state index contributed by atoms with van der Waals surface area (Å²) in [5.74, 6) is 0.624. The molecule has 2 heterocycles. The molecule has 0 aliphatic carbocycles. The molecule has 2 rings (SSSR count). The van der Waals surface area contributed by atoms with Crippen molar-refractivity contribution in [3.63, 3.8) is 0 Å². The summed E-state index contributed by atoms with van der Waals surface area (Å²) in [6.07, 6.45) is 1.16. The second-order valence-electron chi connectivity index (χ2n) is 4.90. The molecule has 2 atom stereocenters. The maximum Gasteiger partial charge on any atom is 0.0596 e.